The van der Waals surface area contributed by atoms with Gasteiger partial charge in [-0.1, -0.05) is 30.4 Å². The number of likely N-dealkylation sites (N-methyl/N-ethyl adjacent to an activating group) is 1. The molecule has 2 aromatic rings. The number of rotatable bonds is 4. The lowest BCUT2D eigenvalue weighted by atomic mass is 10.1. The highest BCUT2D eigenvalue weighted by atomic mass is 16.1. The molecule has 0 atom stereocenters. The van der Waals surface area contributed by atoms with Crippen LogP contribution in [0, 0.1) is 6.92 Å². The van der Waals surface area contributed by atoms with Crippen molar-refractivity contribution in [2.24, 2.45) is 0 Å². The van der Waals surface area contributed by atoms with Crippen molar-refractivity contribution in [2.45, 2.75) is 26.2 Å². The molecule has 5 rings (SSSR count). The Hall–Kier alpha value is -3.38. The molecule has 0 saturated carbocycles. The van der Waals surface area contributed by atoms with Crippen LogP contribution in [0.5, 0.6) is 0 Å². The summed E-state index contributed by atoms with van der Waals surface area (Å²) in [4.78, 5) is 23.0. The molecule has 2 aromatic heterocycles. The molecule has 0 amide bonds. The lowest BCUT2D eigenvalue weighted by Crippen LogP contribution is -2.44. The zero-order chi connectivity index (χ0) is 22.8. The van der Waals surface area contributed by atoms with Gasteiger partial charge in [-0.25, -0.2) is 4.98 Å². The van der Waals surface area contributed by atoms with Crippen LogP contribution in [0.3, 0.4) is 0 Å². The molecule has 0 bridgehead atoms. The van der Waals surface area contributed by atoms with E-state index in [-0.39, 0.29) is 5.43 Å². The number of anilines is 2. The Morgan fingerprint density at radius 3 is 2.64 bits per heavy atom. The number of allylic oxidation sites excluding steroid dienone is 9. The van der Waals surface area contributed by atoms with Gasteiger partial charge in [0, 0.05) is 43.6 Å². The van der Waals surface area contributed by atoms with Gasteiger partial charge in [0.05, 0.1) is 16.8 Å². The van der Waals surface area contributed by atoms with Crippen LogP contribution in [0.2, 0.25) is 0 Å². The summed E-state index contributed by atoms with van der Waals surface area (Å²) in [5.74, 6) is 0.732. The maximum Gasteiger partial charge on any atom is 0.193 e. The molecule has 33 heavy (non-hydrogen) atoms. The number of nitrogens with zero attached hydrogens (tertiary/aromatic N) is 4. The van der Waals surface area contributed by atoms with Crippen LogP contribution >= 0.6 is 0 Å². The lowest BCUT2D eigenvalue weighted by Gasteiger charge is -2.34. The molecular weight excluding hydrogens is 410 g/mol. The normalized spacial score (nSPS) is 18.9. The minimum atomic E-state index is -0.0132. The van der Waals surface area contributed by atoms with Gasteiger partial charge in [-0.15, -0.1) is 0 Å². The predicted octanol–water partition coefficient (Wildman–Crippen LogP) is 4.46. The number of fused-ring (bicyclic) bond motifs is 1. The van der Waals surface area contributed by atoms with E-state index < -0.39 is 0 Å². The van der Waals surface area contributed by atoms with Gasteiger partial charge in [0.15, 0.2) is 5.43 Å². The van der Waals surface area contributed by atoms with E-state index in [1.165, 1.54) is 0 Å². The summed E-state index contributed by atoms with van der Waals surface area (Å²) in [7, 11) is 2.15. The lowest BCUT2D eigenvalue weighted by molar-refractivity contribution is 0.312. The van der Waals surface area contributed by atoms with Crippen LogP contribution < -0.4 is 15.6 Å². The van der Waals surface area contributed by atoms with Gasteiger partial charge in [-0.05, 0) is 57.5 Å². The summed E-state index contributed by atoms with van der Waals surface area (Å²) >= 11 is 0. The molecule has 3 aliphatic rings. The van der Waals surface area contributed by atoms with Gasteiger partial charge < -0.3 is 15.1 Å². The Labute approximate surface area is 194 Å². The topological polar surface area (TPSA) is 53.4 Å². The quantitative estimate of drug-likeness (QED) is 0.759. The van der Waals surface area contributed by atoms with Crippen LogP contribution in [0.15, 0.2) is 71.2 Å². The average molecular weight is 442 g/mol. The number of pyridine rings is 2. The van der Waals surface area contributed by atoms with E-state index in [4.69, 9.17) is 4.98 Å². The summed E-state index contributed by atoms with van der Waals surface area (Å²) in [6.45, 7) is 5.95. The summed E-state index contributed by atoms with van der Waals surface area (Å²) < 4.78 is 2.08. The molecule has 1 fully saturated rings. The average Bonchev–Trinajstić information content (AvgIpc) is 3.10. The Bertz CT molecular complexity index is 1270. The van der Waals surface area contributed by atoms with Gasteiger partial charge >= 0.3 is 0 Å². The van der Waals surface area contributed by atoms with Gasteiger partial charge in [-0.2, -0.15) is 0 Å². The van der Waals surface area contributed by atoms with Crippen molar-refractivity contribution in [2.75, 3.05) is 43.4 Å². The van der Waals surface area contributed by atoms with E-state index >= 15 is 0 Å². The van der Waals surface area contributed by atoms with Crippen LogP contribution in [-0.4, -0.2) is 47.7 Å². The van der Waals surface area contributed by atoms with Crippen molar-refractivity contribution in [3.63, 3.8) is 0 Å². The molecule has 1 saturated heterocycles. The molecular formula is C27H31N5O. The monoisotopic (exact) mass is 441 g/mol. The Morgan fingerprint density at radius 2 is 1.85 bits per heavy atom. The summed E-state index contributed by atoms with van der Waals surface area (Å²) in [5.41, 5.74) is 4.67. The molecule has 2 aliphatic carbocycles. The third-order valence-corrected chi connectivity index (χ3v) is 6.49. The molecule has 6 heteroatoms. The van der Waals surface area contributed by atoms with Crippen molar-refractivity contribution < 1.29 is 0 Å². The van der Waals surface area contributed by atoms with Crippen LogP contribution in [-0.2, 0) is 0 Å². The zero-order valence-corrected chi connectivity index (χ0v) is 19.4. The molecule has 3 heterocycles. The first kappa shape index (κ1) is 21.5. The first-order valence-corrected chi connectivity index (χ1v) is 11.8. The molecule has 0 spiro atoms. The largest absolute Gasteiger partial charge is 0.367 e. The minimum Gasteiger partial charge on any atom is -0.367 e. The van der Waals surface area contributed by atoms with Gasteiger partial charge in [-0.3, -0.25) is 9.36 Å². The Balaban J connectivity index is 1.68. The van der Waals surface area contributed by atoms with E-state index in [1.54, 1.807) is 6.07 Å². The van der Waals surface area contributed by atoms with Crippen LogP contribution in [0.1, 0.15) is 25.0 Å². The van der Waals surface area contributed by atoms with E-state index in [0.29, 0.717) is 11.0 Å². The van der Waals surface area contributed by atoms with E-state index in [1.807, 2.05) is 13.0 Å². The molecule has 6 nitrogen and oxygen atoms in total. The minimum absolute atomic E-state index is 0.0132. The second-order valence-electron chi connectivity index (χ2n) is 8.91. The van der Waals surface area contributed by atoms with Crippen molar-refractivity contribution in [1.82, 2.24) is 14.5 Å². The van der Waals surface area contributed by atoms with Crippen molar-refractivity contribution in [1.29, 1.82) is 0 Å². The number of aromatic nitrogens is 2. The summed E-state index contributed by atoms with van der Waals surface area (Å²) in [6, 6.07) is 3.75. The second kappa shape index (κ2) is 9.24. The first-order valence-electron chi connectivity index (χ1n) is 11.8. The standard InChI is InChI=1S/C27H31N5O/c1-20-24(31-16-14-30(2)15-17-31)18-23-25(33)19-26(29-21-10-6-5-7-11-21)32(27(23)28-20)22-12-8-3-4-9-13-22/h3,6,8-13,18-19,29H,4-5,7,14-17H2,1-2H3. The molecule has 0 unspecified atom stereocenters. The predicted molar refractivity (Wildman–Crippen MR) is 138 cm³/mol. The van der Waals surface area contributed by atoms with Gasteiger partial charge in [0.2, 0.25) is 0 Å². The van der Waals surface area contributed by atoms with Gasteiger partial charge in [0.1, 0.15) is 11.5 Å². The highest BCUT2D eigenvalue weighted by molar-refractivity contribution is 5.87. The Morgan fingerprint density at radius 1 is 1.00 bits per heavy atom. The van der Waals surface area contributed by atoms with E-state index in [9.17, 15) is 4.79 Å². The van der Waals surface area contributed by atoms with Crippen molar-refractivity contribution >= 4 is 28.2 Å². The maximum atomic E-state index is 13.3. The molecule has 0 aromatic carbocycles. The molecule has 1 N–H and O–H groups in total. The smallest absolute Gasteiger partial charge is 0.193 e. The fraction of sp³-hybridized carbons (Fsp3) is 0.333. The molecule has 0 radical (unpaired) electrons. The first-order chi connectivity index (χ1) is 16.1. The van der Waals surface area contributed by atoms with E-state index in [2.05, 4.69) is 75.3 Å². The van der Waals surface area contributed by atoms with Gasteiger partial charge in [0.25, 0.3) is 0 Å². The number of hydrogen-bond donors (Lipinski definition) is 1. The molecule has 170 valence electrons. The number of aryl methyl sites for hydroxylation is 1. The number of nitrogens with one attached hydrogen (secondary N) is 1. The number of hydrogen-bond acceptors (Lipinski definition) is 5. The van der Waals surface area contributed by atoms with Crippen molar-refractivity contribution in [3.05, 3.63) is 82.4 Å². The van der Waals surface area contributed by atoms with Crippen molar-refractivity contribution in [3.8, 4) is 0 Å². The van der Waals surface area contributed by atoms with E-state index in [0.717, 1.165) is 74.0 Å². The highest BCUT2D eigenvalue weighted by Gasteiger charge is 2.20. The third kappa shape index (κ3) is 4.44. The fourth-order valence-electron chi connectivity index (χ4n) is 4.61. The Kier molecular flexibility index (Phi) is 6.01. The number of piperazine rings is 1. The summed E-state index contributed by atoms with van der Waals surface area (Å²) in [5, 5.41) is 4.13. The summed E-state index contributed by atoms with van der Waals surface area (Å²) in [6.07, 6.45) is 19.8. The third-order valence-electron chi connectivity index (χ3n) is 6.49. The second-order valence-corrected chi connectivity index (χ2v) is 8.91. The van der Waals surface area contributed by atoms with Crippen LogP contribution in [0.4, 0.5) is 11.5 Å². The fourth-order valence-corrected chi connectivity index (χ4v) is 4.61. The van der Waals surface area contributed by atoms with Crippen LogP contribution in [0.25, 0.3) is 16.7 Å². The maximum absolute atomic E-state index is 13.3. The molecule has 1 aliphatic heterocycles. The SMILES string of the molecule is Cc1nc2c(cc1N1CCN(C)CC1)c(=O)cc(NC1=CCCC=C1)n2C1=CC=CCC=C1. The zero-order valence-electron chi connectivity index (χ0n) is 19.4. The highest BCUT2D eigenvalue weighted by Crippen LogP contribution is 2.29.